The second-order valence-electron chi connectivity index (χ2n) is 6.08. The average Bonchev–Trinajstić information content (AvgIpc) is 2.82. The van der Waals surface area contributed by atoms with Crippen molar-refractivity contribution in [1.29, 1.82) is 0 Å². The molecule has 2 unspecified atom stereocenters. The van der Waals surface area contributed by atoms with Crippen molar-refractivity contribution in [3.05, 3.63) is 11.7 Å². The molecule has 1 aromatic heterocycles. The summed E-state index contributed by atoms with van der Waals surface area (Å²) in [7, 11) is 1.67. The van der Waals surface area contributed by atoms with Crippen LogP contribution < -0.4 is 5.32 Å². The molecule has 114 valence electrons. The topological polar surface area (TPSA) is 60.2 Å². The lowest BCUT2D eigenvalue weighted by Crippen LogP contribution is -2.34. The van der Waals surface area contributed by atoms with Gasteiger partial charge >= 0.3 is 0 Å². The third-order valence-electron chi connectivity index (χ3n) is 4.29. The highest BCUT2D eigenvalue weighted by atomic mass is 16.5. The summed E-state index contributed by atoms with van der Waals surface area (Å²) in [5.41, 5.74) is -0.500. The first-order valence-corrected chi connectivity index (χ1v) is 7.71. The van der Waals surface area contributed by atoms with E-state index in [-0.39, 0.29) is 0 Å². The van der Waals surface area contributed by atoms with Gasteiger partial charge in [-0.15, -0.1) is 0 Å². The van der Waals surface area contributed by atoms with Crippen molar-refractivity contribution in [3.63, 3.8) is 0 Å². The molecule has 0 saturated heterocycles. The minimum Gasteiger partial charge on any atom is -0.371 e. The SMILES string of the molecule is CCNC1CCCCCC1c1nc(C(C)(C)OC)no1. The summed E-state index contributed by atoms with van der Waals surface area (Å²) in [4.78, 5) is 4.61. The lowest BCUT2D eigenvalue weighted by molar-refractivity contribution is 0.00973. The number of nitrogens with zero attached hydrogens (tertiary/aromatic N) is 2. The van der Waals surface area contributed by atoms with Crippen LogP contribution in [-0.2, 0) is 10.3 Å². The second kappa shape index (κ2) is 6.68. The van der Waals surface area contributed by atoms with E-state index in [1.807, 2.05) is 13.8 Å². The maximum absolute atomic E-state index is 5.54. The third-order valence-corrected chi connectivity index (χ3v) is 4.29. The van der Waals surface area contributed by atoms with E-state index in [1.165, 1.54) is 25.7 Å². The quantitative estimate of drug-likeness (QED) is 0.841. The molecule has 2 atom stereocenters. The molecule has 1 aromatic rings. The fourth-order valence-electron chi connectivity index (χ4n) is 2.83. The van der Waals surface area contributed by atoms with Crippen LogP contribution >= 0.6 is 0 Å². The lowest BCUT2D eigenvalue weighted by atomic mass is 9.94. The molecule has 5 nitrogen and oxygen atoms in total. The number of nitrogens with one attached hydrogen (secondary N) is 1. The van der Waals surface area contributed by atoms with E-state index in [1.54, 1.807) is 7.11 Å². The van der Waals surface area contributed by atoms with Crippen molar-refractivity contribution in [1.82, 2.24) is 15.5 Å². The zero-order valence-corrected chi connectivity index (χ0v) is 13.1. The van der Waals surface area contributed by atoms with Crippen LogP contribution in [0.4, 0.5) is 0 Å². The Morgan fingerprint density at radius 1 is 1.30 bits per heavy atom. The van der Waals surface area contributed by atoms with Crippen LogP contribution in [0.25, 0.3) is 0 Å². The first-order chi connectivity index (χ1) is 9.58. The summed E-state index contributed by atoms with van der Waals surface area (Å²) in [5, 5.41) is 7.70. The van der Waals surface area contributed by atoms with Gasteiger partial charge in [0.1, 0.15) is 5.60 Å². The minimum absolute atomic E-state index is 0.325. The smallest absolute Gasteiger partial charge is 0.231 e. The number of methoxy groups -OCH3 is 1. The largest absolute Gasteiger partial charge is 0.371 e. The summed E-state index contributed by atoms with van der Waals surface area (Å²) in [6.45, 7) is 7.04. The molecule has 1 fully saturated rings. The van der Waals surface area contributed by atoms with E-state index >= 15 is 0 Å². The van der Waals surface area contributed by atoms with E-state index in [4.69, 9.17) is 9.26 Å². The van der Waals surface area contributed by atoms with E-state index in [0.717, 1.165) is 18.9 Å². The Hall–Kier alpha value is -0.940. The molecule has 1 aliphatic carbocycles. The monoisotopic (exact) mass is 281 g/mol. The lowest BCUT2D eigenvalue weighted by Gasteiger charge is -2.22. The van der Waals surface area contributed by atoms with Crippen LogP contribution in [0.2, 0.25) is 0 Å². The molecule has 1 saturated carbocycles. The summed E-state index contributed by atoms with van der Waals surface area (Å²) in [6.07, 6.45) is 6.11. The number of aromatic nitrogens is 2. The number of rotatable bonds is 5. The number of likely N-dealkylation sites (N-methyl/N-ethyl adjacent to an activating group) is 1. The van der Waals surface area contributed by atoms with Gasteiger partial charge in [0.15, 0.2) is 0 Å². The summed E-state index contributed by atoms with van der Waals surface area (Å²) < 4.78 is 11.0. The van der Waals surface area contributed by atoms with Gasteiger partial charge in [0.05, 0.1) is 5.92 Å². The Bertz CT molecular complexity index is 417. The Balaban J connectivity index is 2.19. The molecule has 1 heterocycles. The van der Waals surface area contributed by atoms with Crippen LogP contribution in [0.15, 0.2) is 4.52 Å². The molecular formula is C15H27N3O2. The molecule has 0 bridgehead atoms. The Morgan fingerprint density at radius 3 is 2.75 bits per heavy atom. The zero-order chi connectivity index (χ0) is 14.6. The minimum atomic E-state index is -0.500. The third kappa shape index (κ3) is 3.38. The normalized spacial score (nSPS) is 24.6. The number of hydrogen-bond donors (Lipinski definition) is 1. The zero-order valence-electron chi connectivity index (χ0n) is 13.1. The Labute approximate surface area is 121 Å². The average molecular weight is 281 g/mol. The first kappa shape index (κ1) is 15.4. The highest BCUT2D eigenvalue weighted by Gasteiger charge is 2.32. The van der Waals surface area contributed by atoms with Gasteiger partial charge in [0.25, 0.3) is 0 Å². The van der Waals surface area contributed by atoms with Crippen LogP contribution in [-0.4, -0.2) is 29.8 Å². The molecule has 0 radical (unpaired) electrons. The first-order valence-electron chi connectivity index (χ1n) is 7.71. The fourth-order valence-corrected chi connectivity index (χ4v) is 2.83. The molecule has 0 aromatic carbocycles. The van der Waals surface area contributed by atoms with Crippen LogP contribution in [0.1, 0.15) is 70.5 Å². The number of ether oxygens (including phenoxy) is 1. The van der Waals surface area contributed by atoms with Crippen molar-refractivity contribution >= 4 is 0 Å². The van der Waals surface area contributed by atoms with Gasteiger partial charge in [-0.3, -0.25) is 0 Å². The Kier molecular flexibility index (Phi) is 5.16. The van der Waals surface area contributed by atoms with Crippen LogP contribution in [0.5, 0.6) is 0 Å². The highest BCUT2D eigenvalue weighted by Crippen LogP contribution is 2.32. The molecule has 20 heavy (non-hydrogen) atoms. The van der Waals surface area contributed by atoms with Gasteiger partial charge in [-0.05, 0) is 33.2 Å². The predicted molar refractivity (Wildman–Crippen MR) is 77.6 cm³/mol. The van der Waals surface area contributed by atoms with E-state index in [0.29, 0.717) is 17.8 Å². The fraction of sp³-hybridized carbons (Fsp3) is 0.867. The van der Waals surface area contributed by atoms with E-state index in [2.05, 4.69) is 22.4 Å². The Morgan fingerprint density at radius 2 is 2.05 bits per heavy atom. The van der Waals surface area contributed by atoms with E-state index < -0.39 is 5.60 Å². The van der Waals surface area contributed by atoms with E-state index in [9.17, 15) is 0 Å². The number of hydrogen-bond acceptors (Lipinski definition) is 5. The van der Waals surface area contributed by atoms with Gasteiger partial charge in [-0.2, -0.15) is 4.98 Å². The molecule has 0 amide bonds. The van der Waals surface area contributed by atoms with Gasteiger partial charge in [-0.25, -0.2) is 0 Å². The van der Waals surface area contributed by atoms with Crippen molar-refractivity contribution in [2.24, 2.45) is 0 Å². The maximum Gasteiger partial charge on any atom is 0.231 e. The maximum atomic E-state index is 5.54. The van der Waals surface area contributed by atoms with Crippen LogP contribution in [0.3, 0.4) is 0 Å². The van der Waals surface area contributed by atoms with Gasteiger partial charge in [0.2, 0.25) is 11.7 Å². The van der Waals surface area contributed by atoms with Crippen molar-refractivity contribution in [3.8, 4) is 0 Å². The molecule has 5 heteroatoms. The van der Waals surface area contributed by atoms with Crippen molar-refractivity contribution in [2.45, 2.75) is 70.4 Å². The molecule has 0 aliphatic heterocycles. The summed E-state index contributed by atoms with van der Waals surface area (Å²) in [5.74, 6) is 1.72. The second-order valence-corrected chi connectivity index (χ2v) is 6.08. The standard InChI is InChI=1S/C15H27N3O2/c1-5-16-12-10-8-6-7-9-11(12)13-17-14(18-20-13)15(2,3)19-4/h11-12,16H,5-10H2,1-4H3. The van der Waals surface area contributed by atoms with Gasteiger partial charge in [-0.1, -0.05) is 31.3 Å². The van der Waals surface area contributed by atoms with Crippen LogP contribution in [0, 0.1) is 0 Å². The summed E-state index contributed by atoms with van der Waals surface area (Å²) in [6, 6.07) is 0.446. The molecular weight excluding hydrogens is 254 g/mol. The van der Waals surface area contributed by atoms with Crippen molar-refractivity contribution in [2.75, 3.05) is 13.7 Å². The molecule has 1 N–H and O–H groups in total. The van der Waals surface area contributed by atoms with Gasteiger partial charge < -0.3 is 14.6 Å². The molecule has 1 aliphatic rings. The molecule has 0 spiro atoms. The summed E-state index contributed by atoms with van der Waals surface area (Å²) >= 11 is 0. The highest BCUT2D eigenvalue weighted by molar-refractivity contribution is 5.04. The van der Waals surface area contributed by atoms with Gasteiger partial charge in [0, 0.05) is 13.2 Å². The predicted octanol–water partition coefficient (Wildman–Crippen LogP) is 2.98. The van der Waals surface area contributed by atoms with Crippen molar-refractivity contribution < 1.29 is 9.26 Å². The molecule has 2 rings (SSSR count).